The summed E-state index contributed by atoms with van der Waals surface area (Å²) < 4.78 is 1.14. The number of hydrogen-bond donors (Lipinski definition) is 1. The largest absolute Gasteiger partial charge is 0.313 e. The van der Waals surface area contributed by atoms with Crippen LogP contribution in [0.1, 0.15) is 18.1 Å². The Labute approximate surface area is 140 Å². The number of likely N-dealkylation sites (N-methyl/N-ethyl adjacent to an activating group) is 1. The van der Waals surface area contributed by atoms with E-state index in [4.69, 9.17) is 0 Å². The maximum atomic E-state index is 3.60. The zero-order chi connectivity index (χ0) is 15.1. The van der Waals surface area contributed by atoms with Gasteiger partial charge in [-0.1, -0.05) is 58.7 Å². The lowest BCUT2D eigenvalue weighted by Gasteiger charge is -2.18. The smallest absolute Gasteiger partial charge is 0.0201 e. The van der Waals surface area contributed by atoms with Gasteiger partial charge in [-0.3, -0.25) is 0 Å². The fourth-order valence-corrected chi connectivity index (χ4v) is 3.81. The molecular formula is C18H22BrNS. The molecule has 112 valence electrons. The van der Waals surface area contributed by atoms with Crippen molar-refractivity contribution in [3.63, 3.8) is 0 Å². The van der Waals surface area contributed by atoms with E-state index in [0.29, 0.717) is 6.04 Å². The second-order valence-corrected chi connectivity index (χ2v) is 7.22. The lowest BCUT2D eigenvalue weighted by atomic mass is 10.1. The van der Waals surface area contributed by atoms with Gasteiger partial charge in [0.25, 0.3) is 0 Å². The summed E-state index contributed by atoms with van der Waals surface area (Å²) >= 11 is 5.44. The molecule has 2 rings (SSSR count). The number of thioether (sulfide) groups is 1. The minimum absolute atomic E-state index is 0.502. The molecule has 0 aliphatic rings. The number of rotatable bonds is 7. The Morgan fingerprint density at radius 2 is 1.90 bits per heavy atom. The molecule has 0 aliphatic heterocycles. The van der Waals surface area contributed by atoms with Crippen LogP contribution in [0.2, 0.25) is 0 Å². The van der Waals surface area contributed by atoms with E-state index >= 15 is 0 Å². The zero-order valence-corrected chi connectivity index (χ0v) is 15.0. The van der Waals surface area contributed by atoms with Crippen molar-refractivity contribution in [3.05, 3.63) is 64.1 Å². The van der Waals surface area contributed by atoms with Gasteiger partial charge in [0.1, 0.15) is 0 Å². The van der Waals surface area contributed by atoms with Crippen molar-refractivity contribution in [3.8, 4) is 0 Å². The van der Waals surface area contributed by atoms with Crippen LogP contribution >= 0.6 is 27.7 Å². The van der Waals surface area contributed by atoms with Crippen LogP contribution in [0.25, 0.3) is 0 Å². The van der Waals surface area contributed by atoms with Crippen LogP contribution in [-0.4, -0.2) is 18.3 Å². The molecular weight excluding hydrogens is 342 g/mol. The van der Waals surface area contributed by atoms with E-state index in [1.54, 1.807) is 0 Å². The minimum Gasteiger partial charge on any atom is -0.313 e. The molecule has 1 nitrogen and oxygen atoms in total. The van der Waals surface area contributed by atoms with E-state index in [0.717, 1.165) is 23.2 Å². The molecule has 0 fully saturated rings. The molecule has 0 saturated heterocycles. The van der Waals surface area contributed by atoms with Gasteiger partial charge in [-0.25, -0.2) is 0 Å². The maximum absolute atomic E-state index is 3.60. The average molecular weight is 364 g/mol. The highest BCUT2D eigenvalue weighted by Crippen LogP contribution is 2.23. The lowest BCUT2D eigenvalue weighted by Crippen LogP contribution is -2.33. The van der Waals surface area contributed by atoms with E-state index in [1.807, 2.05) is 11.8 Å². The number of benzene rings is 2. The fraction of sp³-hybridized carbons (Fsp3) is 0.333. The molecule has 2 aromatic rings. The number of aryl methyl sites for hydroxylation is 1. The van der Waals surface area contributed by atoms with Crippen molar-refractivity contribution in [2.24, 2.45) is 0 Å². The maximum Gasteiger partial charge on any atom is 0.0201 e. The molecule has 1 N–H and O–H groups in total. The third kappa shape index (κ3) is 5.85. The van der Waals surface area contributed by atoms with Gasteiger partial charge in [0.2, 0.25) is 0 Å². The van der Waals surface area contributed by atoms with Crippen molar-refractivity contribution < 1.29 is 0 Å². The predicted molar refractivity (Wildman–Crippen MR) is 97.2 cm³/mol. The van der Waals surface area contributed by atoms with Crippen molar-refractivity contribution in [2.75, 3.05) is 12.3 Å². The molecule has 0 spiro atoms. The molecule has 0 saturated carbocycles. The molecule has 1 atom stereocenters. The third-order valence-corrected chi connectivity index (χ3v) is 4.99. The van der Waals surface area contributed by atoms with Crippen LogP contribution in [0, 0.1) is 6.92 Å². The molecule has 0 heterocycles. The SMILES string of the molecule is CCNC(CSc1cccc(Br)c1)Cc1ccc(C)cc1. The van der Waals surface area contributed by atoms with Crippen molar-refractivity contribution in [1.82, 2.24) is 5.32 Å². The van der Waals surface area contributed by atoms with Crippen LogP contribution in [0.3, 0.4) is 0 Å². The summed E-state index contributed by atoms with van der Waals surface area (Å²) in [6.45, 7) is 5.32. The molecule has 2 aromatic carbocycles. The summed E-state index contributed by atoms with van der Waals surface area (Å²) in [5, 5.41) is 3.60. The van der Waals surface area contributed by atoms with Crippen LogP contribution in [0.4, 0.5) is 0 Å². The third-order valence-electron chi connectivity index (χ3n) is 3.34. The Bertz CT molecular complexity index is 553. The molecule has 0 aromatic heterocycles. The van der Waals surface area contributed by atoms with Gasteiger partial charge >= 0.3 is 0 Å². The van der Waals surface area contributed by atoms with Crippen LogP contribution < -0.4 is 5.32 Å². The van der Waals surface area contributed by atoms with Gasteiger partial charge in [-0.2, -0.15) is 0 Å². The summed E-state index contributed by atoms with van der Waals surface area (Å²) in [4.78, 5) is 1.32. The monoisotopic (exact) mass is 363 g/mol. The first-order valence-electron chi connectivity index (χ1n) is 7.34. The minimum atomic E-state index is 0.502. The number of hydrogen-bond acceptors (Lipinski definition) is 2. The summed E-state index contributed by atoms with van der Waals surface area (Å²) in [7, 11) is 0. The van der Waals surface area contributed by atoms with Crippen LogP contribution in [-0.2, 0) is 6.42 Å². The summed E-state index contributed by atoms with van der Waals surface area (Å²) in [6, 6.07) is 17.9. The second-order valence-electron chi connectivity index (χ2n) is 5.21. The Morgan fingerprint density at radius 1 is 1.14 bits per heavy atom. The topological polar surface area (TPSA) is 12.0 Å². The molecule has 0 aliphatic carbocycles. The normalized spacial score (nSPS) is 12.3. The quantitative estimate of drug-likeness (QED) is 0.689. The predicted octanol–water partition coefficient (Wildman–Crippen LogP) is 5.07. The average Bonchev–Trinajstić information content (AvgIpc) is 2.47. The first-order valence-corrected chi connectivity index (χ1v) is 9.12. The number of nitrogens with one attached hydrogen (secondary N) is 1. The standard InChI is InChI=1S/C18H22BrNS/c1-3-20-17(11-15-9-7-14(2)8-10-15)13-21-18-6-4-5-16(19)12-18/h4-10,12,17,20H,3,11,13H2,1-2H3. The van der Waals surface area contributed by atoms with Gasteiger partial charge in [-0.05, 0) is 43.7 Å². The molecule has 0 radical (unpaired) electrons. The first-order chi connectivity index (χ1) is 10.2. The summed E-state index contributed by atoms with van der Waals surface area (Å²) in [5.41, 5.74) is 2.73. The zero-order valence-electron chi connectivity index (χ0n) is 12.6. The Balaban J connectivity index is 1.93. The highest BCUT2D eigenvalue weighted by Gasteiger charge is 2.09. The van der Waals surface area contributed by atoms with E-state index in [-0.39, 0.29) is 0 Å². The lowest BCUT2D eigenvalue weighted by molar-refractivity contribution is 0.572. The molecule has 0 amide bonds. The Hall–Kier alpha value is -0.770. The molecule has 21 heavy (non-hydrogen) atoms. The van der Waals surface area contributed by atoms with E-state index in [9.17, 15) is 0 Å². The second kappa shape index (κ2) is 8.62. The first kappa shape index (κ1) is 16.6. The van der Waals surface area contributed by atoms with Gasteiger partial charge in [0, 0.05) is 21.2 Å². The van der Waals surface area contributed by atoms with E-state index in [1.165, 1.54) is 16.0 Å². The molecule has 0 bridgehead atoms. The Kier molecular flexibility index (Phi) is 6.81. The Morgan fingerprint density at radius 3 is 2.57 bits per heavy atom. The van der Waals surface area contributed by atoms with Crippen molar-refractivity contribution in [2.45, 2.75) is 31.2 Å². The highest BCUT2D eigenvalue weighted by molar-refractivity contribution is 9.10. The van der Waals surface area contributed by atoms with E-state index in [2.05, 4.69) is 83.6 Å². The van der Waals surface area contributed by atoms with Crippen molar-refractivity contribution >= 4 is 27.7 Å². The number of halogens is 1. The molecule has 3 heteroatoms. The van der Waals surface area contributed by atoms with Gasteiger partial charge in [0.15, 0.2) is 0 Å². The van der Waals surface area contributed by atoms with Gasteiger partial charge in [0.05, 0.1) is 0 Å². The van der Waals surface area contributed by atoms with Crippen LogP contribution in [0.5, 0.6) is 0 Å². The summed E-state index contributed by atoms with van der Waals surface area (Å²) in [6.07, 6.45) is 1.08. The van der Waals surface area contributed by atoms with E-state index < -0.39 is 0 Å². The summed E-state index contributed by atoms with van der Waals surface area (Å²) in [5.74, 6) is 1.08. The fourth-order valence-electron chi connectivity index (χ4n) is 2.24. The highest BCUT2D eigenvalue weighted by atomic mass is 79.9. The van der Waals surface area contributed by atoms with Gasteiger partial charge in [-0.15, -0.1) is 11.8 Å². The van der Waals surface area contributed by atoms with Crippen molar-refractivity contribution in [1.29, 1.82) is 0 Å². The van der Waals surface area contributed by atoms with Gasteiger partial charge < -0.3 is 5.32 Å². The molecule has 1 unspecified atom stereocenters. The van der Waals surface area contributed by atoms with Crippen LogP contribution in [0.15, 0.2) is 57.9 Å².